The molecule has 0 saturated carbocycles. The van der Waals surface area contributed by atoms with E-state index in [0.29, 0.717) is 30.9 Å². The molecule has 0 aliphatic carbocycles. The number of carbonyl (C=O) groups excluding carboxylic acids is 1. The molecule has 1 aromatic carbocycles. The Hall–Kier alpha value is -2.45. The molecule has 0 unspecified atom stereocenters. The van der Waals surface area contributed by atoms with Gasteiger partial charge in [-0.1, -0.05) is 0 Å². The number of hydrogen-bond donors (Lipinski definition) is 1. The van der Waals surface area contributed by atoms with Crippen LogP contribution in [0.1, 0.15) is 34.3 Å². The van der Waals surface area contributed by atoms with Crippen LogP contribution in [-0.2, 0) is 10.0 Å². The SMILES string of the molecule is COc1cc(C)c(C)cc1S(=O)(=O)NCC1CCN(C(=O)c2cccnc2)CC1. The maximum absolute atomic E-state index is 12.8. The molecule has 1 N–H and O–H groups in total. The Morgan fingerprint density at radius 3 is 2.55 bits per heavy atom. The number of carbonyl (C=O) groups is 1. The molecule has 7 nitrogen and oxygen atoms in total. The molecule has 0 radical (unpaired) electrons. The average molecular weight is 418 g/mol. The molecule has 1 aliphatic rings. The molecule has 1 aromatic heterocycles. The van der Waals surface area contributed by atoms with Gasteiger partial charge >= 0.3 is 0 Å². The van der Waals surface area contributed by atoms with Crippen LogP contribution in [0.4, 0.5) is 0 Å². The number of benzene rings is 1. The minimum atomic E-state index is -3.68. The van der Waals surface area contributed by atoms with Crippen LogP contribution in [0.3, 0.4) is 0 Å². The molecular formula is C21H27N3O4S. The first-order valence-corrected chi connectivity index (χ1v) is 11.1. The van der Waals surface area contributed by atoms with E-state index in [1.54, 1.807) is 41.6 Å². The van der Waals surface area contributed by atoms with Gasteiger partial charge in [-0.15, -0.1) is 0 Å². The molecule has 29 heavy (non-hydrogen) atoms. The van der Waals surface area contributed by atoms with Crippen LogP contribution < -0.4 is 9.46 Å². The highest BCUT2D eigenvalue weighted by Gasteiger charge is 2.26. The van der Waals surface area contributed by atoms with Crippen LogP contribution in [0, 0.1) is 19.8 Å². The number of pyridine rings is 1. The summed E-state index contributed by atoms with van der Waals surface area (Å²) < 4.78 is 33.6. The van der Waals surface area contributed by atoms with Crippen LogP contribution in [0.15, 0.2) is 41.6 Å². The lowest BCUT2D eigenvalue weighted by Gasteiger charge is -2.32. The molecule has 156 valence electrons. The smallest absolute Gasteiger partial charge is 0.255 e. The van der Waals surface area contributed by atoms with Crippen molar-refractivity contribution in [1.29, 1.82) is 0 Å². The molecule has 1 fully saturated rings. The Balaban J connectivity index is 1.59. The summed E-state index contributed by atoms with van der Waals surface area (Å²) >= 11 is 0. The van der Waals surface area contributed by atoms with E-state index in [1.807, 2.05) is 13.8 Å². The first-order chi connectivity index (χ1) is 13.8. The quantitative estimate of drug-likeness (QED) is 0.780. The number of sulfonamides is 1. The van der Waals surface area contributed by atoms with Gasteiger partial charge in [0.1, 0.15) is 10.6 Å². The van der Waals surface area contributed by atoms with Crippen molar-refractivity contribution in [3.05, 3.63) is 53.3 Å². The van der Waals surface area contributed by atoms with Crippen molar-refractivity contribution in [3.63, 3.8) is 0 Å². The second-order valence-electron chi connectivity index (χ2n) is 7.42. The standard InChI is InChI=1S/C21H27N3O4S/c1-15-11-19(28-3)20(12-16(15)2)29(26,27)23-13-17-6-9-24(10-7-17)21(25)18-5-4-8-22-14-18/h4-5,8,11-12,14,17,23H,6-7,9-10,13H2,1-3H3. The van der Waals surface area contributed by atoms with E-state index in [1.165, 1.54) is 7.11 Å². The summed E-state index contributed by atoms with van der Waals surface area (Å²) in [7, 11) is -2.21. The van der Waals surface area contributed by atoms with E-state index in [0.717, 1.165) is 24.0 Å². The van der Waals surface area contributed by atoms with Crippen molar-refractivity contribution in [2.45, 2.75) is 31.6 Å². The van der Waals surface area contributed by atoms with Crippen LogP contribution in [-0.4, -0.2) is 51.0 Å². The first kappa shape index (κ1) is 21.3. The highest BCUT2D eigenvalue weighted by Crippen LogP contribution is 2.27. The summed E-state index contributed by atoms with van der Waals surface area (Å²) in [6.07, 6.45) is 4.70. The largest absolute Gasteiger partial charge is 0.495 e. The first-order valence-electron chi connectivity index (χ1n) is 9.66. The van der Waals surface area contributed by atoms with Gasteiger partial charge in [0.05, 0.1) is 12.7 Å². The predicted molar refractivity (Wildman–Crippen MR) is 111 cm³/mol. The topological polar surface area (TPSA) is 88.6 Å². The number of likely N-dealkylation sites (tertiary alicyclic amines) is 1. The van der Waals surface area contributed by atoms with E-state index >= 15 is 0 Å². The van der Waals surface area contributed by atoms with E-state index in [4.69, 9.17) is 4.74 Å². The van der Waals surface area contributed by atoms with Crippen molar-refractivity contribution in [2.75, 3.05) is 26.7 Å². The zero-order chi connectivity index (χ0) is 21.0. The van der Waals surface area contributed by atoms with Gasteiger partial charge in [0, 0.05) is 32.0 Å². The minimum Gasteiger partial charge on any atom is -0.495 e. The Labute approximate surface area is 172 Å². The number of methoxy groups -OCH3 is 1. The van der Waals surface area contributed by atoms with E-state index in [2.05, 4.69) is 9.71 Å². The molecule has 0 atom stereocenters. The average Bonchev–Trinajstić information content (AvgIpc) is 2.74. The normalized spacial score (nSPS) is 15.3. The fourth-order valence-corrected chi connectivity index (χ4v) is 4.80. The fourth-order valence-electron chi connectivity index (χ4n) is 3.45. The zero-order valence-electron chi connectivity index (χ0n) is 17.0. The lowest BCUT2D eigenvalue weighted by molar-refractivity contribution is 0.0691. The molecule has 0 bridgehead atoms. The molecule has 3 rings (SSSR count). The van der Waals surface area contributed by atoms with Crippen molar-refractivity contribution in [1.82, 2.24) is 14.6 Å². The van der Waals surface area contributed by atoms with E-state index in [-0.39, 0.29) is 16.7 Å². The summed E-state index contributed by atoms with van der Waals surface area (Å²) in [6, 6.07) is 6.89. The molecule has 8 heteroatoms. The Morgan fingerprint density at radius 2 is 1.93 bits per heavy atom. The fraction of sp³-hybridized carbons (Fsp3) is 0.429. The second-order valence-corrected chi connectivity index (χ2v) is 9.15. The minimum absolute atomic E-state index is 0.0306. The number of piperidine rings is 1. The number of rotatable bonds is 6. The third-order valence-corrected chi connectivity index (χ3v) is 6.89. The van der Waals surface area contributed by atoms with Crippen LogP contribution >= 0.6 is 0 Å². The Morgan fingerprint density at radius 1 is 1.24 bits per heavy atom. The number of nitrogens with one attached hydrogen (secondary N) is 1. The lowest BCUT2D eigenvalue weighted by atomic mass is 9.97. The molecule has 2 heterocycles. The monoisotopic (exact) mass is 417 g/mol. The Kier molecular flexibility index (Phi) is 6.54. The predicted octanol–water partition coefficient (Wildman–Crippen LogP) is 2.54. The van der Waals surface area contributed by atoms with Crippen molar-refractivity contribution >= 4 is 15.9 Å². The third-order valence-electron chi connectivity index (χ3n) is 5.44. The summed E-state index contributed by atoms with van der Waals surface area (Å²) in [5, 5.41) is 0. The zero-order valence-corrected chi connectivity index (χ0v) is 17.8. The van der Waals surface area contributed by atoms with E-state index in [9.17, 15) is 13.2 Å². The van der Waals surface area contributed by atoms with Crippen molar-refractivity contribution in [2.24, 2.45) is 5.92 Å². The summed E-state index contributed by atoms with van der Waals surface area (Å²) in [6.45, 7) is 5.35. The molecule has 2 aromatic rings. The number of nitrogens with zero attached hydrogens (tertiary/aromatic N) is 2. The number of aryl methyl sites for hydroxylation is 2. The summed E-state index contributed by atoms with van der Waals surface area (Å²) in [4.78, 5) is 18.5. The number of ether oxygens (including phenoxy) is 1. The maximum Gasteiger partial charge on any atom is 0.255 e. The van der Waals surface area contributed by atoms with Gasteiger partial charge in [0.2, 0.25) is 10.0 Å². The van der Waals surface area contributed by atoms with Crippen LogP contribution in [0.2, 0.25) is 0 Å². The third kappa shape index (κ3) is 4.94. The number of amides is 1. The van der Waals surface area contributed by atoms with Crippen LogP contribution in [0.25, 0.3) is 0 Å². The van der Waals surface area contributed by atoms with Gasteiger partial charge in [-0.3, -0.25) is 9.78 Å². The highest BCUT2D eigenvalue weighted by molar-refractivity contribution is 7.89. The summed E-state index contributed by atoms with van der Waals surface area (Å²) in [5.41, 5.74) is 2.45. The van der Waals surface area contributed by atoms with Gasteiger partial charge < -0.3 is 9.64 Å². The molecule has 1 aliphatic heterocycles. The molecular weight excluding hydrogens is 390 g/mol. The highest BCUT2D eigenvalue weighted by atomic mass is 32.2. The van der Waals surface area contributed by atoms with Crippen LogP contribution in [0.5, 0.6) is 5.75 Å². The second kappa shape index (κ2) is 8.92. The van der Waals surface area contributed by atoms with Gasteiger partial charge in [0.25, 0.3) is 5.91 Å². The molecule has 0 spiro atoms. The van der Waals surface area contributed by atoms with Gasteiger partial charge in [0.15, 0.2) is 0 Å². The van der Waals surface area contributed by atoms with E-state index < -0.39 is 10.0 Å². The number of hydrogen-bond acceptors (Lipinski definition) is 5. The van der Waals surface area contributed by atoms with Crippen molar-refractivity contribution < 1.29 is 17.9 Å². The molecule has 1 amide bonds. The van der Waals surface area contributed by atoms with Gasteiger partial charge in [-0.25, -0.2) is 13.1 Å². The number of aromatic nitrogens is 1. The maximum atomic E-state index is 12.8. The summed E-state index contributed by atoms with van der Waals surface area (Å²) in [5.74, 6) is 0.495. The Bertz CT molecular complexity index is 969. The van der Waals surface area contributed by atoms with Gasteiger partial charge in [-0.2, -0.15) is 0 Å². The van der Waals surface area contributed by atoms with Gasteiger partial charge in [-0.05, 0) is 68.0 Å². The molecule has 1 saturated heterocycles. The van der Waals surface area contributed by atoms with Crippen molar-refractivity contribution in [3.8, 4) is 5.75 Å². The lowest BCUT2D eigenvalue weighted by Crippen LogP contribution is -2.41.